The number of carbonyl (C=O) groups excluding carboxylic acids is 2. The van der Waals surface area contributed by atoms with Crippen molar-refractivity contribution in [1.29, 1.82) is 0 Å². The molecule has 3 rings (SSSR count). The number of benzene rings is 1. The smallest absolute Gasteiger partial charge is 0.241 e. The molecule has 1 unspecified atom stereocenters. The molecule has 0 radical (unpaired) electrons. The second-order valence-electron chi connectivity index (χ2n) is 7.57. The first-order valence-electron chi connectivity index (χ1n) is 9.67. The molecule has 0 spiro atoms. The average molecular weight is 377 g/mol. The van der Waals surface area contributed by atoms with Crippen molar-refractivity contribution >= 4 is 17.5 Å². The van der Waals surface area contributed by atoms with Crippen LogP contribution >= 0.6 is 0 Å². The molecule has 2 saturated carbocycles. The number of hydrogen-bond donors (Lipinski definition) is 4. The van der Waals surface area contributed by atoms with Crippen LogP contribution in [0.3, 0.4) is 0 Å². The van der Waals surface area contributed by atoms with Crippen molar-refractivity contribution in [3.8, 4) is 0 Å². The van der Waals surface area contributed by atoms with Gasteiger partial charge >= 0.3 is 0 Å². The summed E-state index contributed by atoms with van der Waals surface area (Å²) >= 11 is 0. The van der Waals surface area contributed by atoms with E-state index >= 15 is 0 Å². The molecule has 1 aromatic rings. The highest BCUT2D eigenvalue weighted by atomic mass is 19.1. The molecule has 2 aliphatic carbocycles. The summed E-state index contributed by atoms with van der Waals surface area (Å²) in [5.74, 6) is 0.490. The van der Waals surface area contributed by atoms with Crippen LogP contribution in [0.2, 0.25) is 0 Å². The normalized spacial score (nSPS) is 17.6. The number of halogens is 1. The highest BCUT2D eigenvalue weighted by Gasteiger charge is 2.47. The lowest BCUT2D eigenvalue weighted by Crippen LogP contribution is -2.46. The standard InChI is InChI=1S/C20H28FN3O3/c1-22-19(18(13-3-4-13)14-5-6-14)20(27)24-16-7-2-12(10-15(16)21)11-17(26)23-8-9-25/h2,7,10,13-14,18-19,22,25H,3-6,8-9,11H2,1H3,(H,23,26)(H,24,27). The molecule has 2 amide bonds. The van der Waals surface area contributed by atoms with Crippen molar-refractivity contribution < 1.29 is 19.1 Å². The largest absolute Gasteiger partial charge is 0.395 e. The molecule has 0 saturated heterocycles. The van der Waals surface area contributed by atoms with E-state index in [0.29, 0.717) is 23.3 Å². The molecule has 0 aliphatic heterocycles. The van der Waals surface area contributed by atoms with Crippen LogP contribution in [0.1, 0.15) is 31.2 Å². The molecular weight excluding hydrogens is 349 g/mol. The van der Waals surface area contributed by atoms with Crippen molar-refractivity contribution in [2.45, 2.75) is 38.1 Å². The number of rotatable bonds is 10. The second kappa shape index (κ2) is 8.80. The third-order valence-electron chi connectivity index (χ3n) is 5.40. The number of nitrogens with one attached hydrogen (secondary N) is 3. The van der Waals surface area contributed by atoms with E-state index in [9.17, 15) is 14.0 Å². The van der Waals surface area contributed by atoms with Crippen LogP contribution in [-0.4, -0.2) is 43.2 Å². The first-order chi connectivity index (χ1) is 13.0. The zero-order valence-corrected chi connectivity index (χ0v) is 15.6. The molecule has 2 fully saturated rings. The average Bonchev–Trinajstić information content (AvgIpc) is 3.54. The number of aliphatic hydroxyl groups is 1. The van der Waals surface area contributed by atoms with Gasteiger partial charge in [-0.1, -0.05) is 6.07 Å². The zero-order chi connectivity index (χ0) is 19.4. The van der Waals surface area contributed by atoms with Crippen molar-refractivity contribution in [2.24, 2.45) is 17.8 Å². The van der Waals surface area contributed by atoms with E-state index in [4.69, 9.17) is 5.11 Å². The Morgan fingerprint density at radius 1 is 1.22 bits per heavy atom. The predicted octanol–water partition coefficient (Wildman–Crippen LogP) is 1.44. The Labute approximate surface area is 158 Å². The molecule has 7 heteroatoms. The van der Waals surface area contributed by atoms with E-state index in [1.807, 2.05) is 0 Å². The molecule has 2 aliphatic rings. The molecule has 0 heterocycles. The Morgan fingerprint density at radius 2 is 1.89 bits per heavy atom. The molecule has 148 valence electrons. The van der Waals surface area contributed by atoms with Crippen LogP contribution < -0.4 is 16.0 Å². The molecule has 4 N–H and O–H groups in total. The van der Waals surface area contributed by atoms with E-state index < -0.39 is 5.82 Å². The van der Waals surface area contributed by atoms with Gasteiger partial charge in [0.1, 0.15) is 5.82 Å². The number of carbonyl (C=O) groups is 2. The molecule has 0 aromatic heterocycles. The van der Waals surface area contributed by atoms with Gasteiger partial charge in [0.05, 0.1) is 24.8 Å². The summed E-state index contributed by atoms with van der Waals surface area (Å²) in [5.41, 5.74) is 0.644. The molecular formula is C20H28FN3O3. The fourth-order valence-corrected chi connectivity index (χ4v) is 3.81. The van der Waals surface area contributed by atoms with Gasteiger partial charge < -0.3 is 21.1 Å². The maximum absolute atomic E-state index is 14.4. The van der Waals surface area contributed by atoms with Crippen LogP contribution in [0, 0.1) is 23.6 Å². The Kier molecular flexibility index (Phi) is 6.44. The first-order valence-corrected chi connectivity index (χ1v) is 9.67. The molecule has 0 bridgehead atoms. The van der Waals surface area contributed by atoms with Crippen LogP contribution in [0.25, 0.3) is 0 Å². The van der Waals surface area contributed by atoms with Gasteiger partial charge in [-0.25, -0.2) is 4.39 Å². The van der Waals surface area contributed by atoms with Gasteiger partial charge in [0.15, 0.2) is 0 Å². The van der Waals surface area contributed by atoms with E-state index in [-0.39, 0.29) is 43.1 Å². The van der Waals surface area contributed by atoms with Crippen LogP contribution in [0.5, 0.6) is 0 Å². The van der Waals surface area contributed by atoms with Gasteiger partial charge in [-0.05, 0) is 68.2 Å². The Hall–Kier alpha value is -1.99. The summed E-state index contributed by atoms with van der Waals surface area (Å²) in [7, 11) is 1.78. The lowest BCUT2D eigenvalue weighted by Gasteiger charge is -2.26. The molecule has 1 aromatic carbocycles. The second-order valence-corrected chi connectivity index (χ2v) is 7.57. The van der Waals surface area contributed by atoms with Crippen molar-refractivity contribution in [3.63, 3.8) is 0 Å². The third-order valence-corrected chi connectivity index (χ3v) is 5.40. The fourth-order valence-electron chi connectivity index (χ4n) is 3.81. The van der Waals surface area contributed by atoms with Gasteiger partial charge in [0.2, 0.25) is 11.8 Å². The third kappa shape index (κ3) is 5.26. The summed E-state index contributed by atoms with van der Waals surface area (Å²) < 4.78 is 14.4. The van der Waals surface area contributed by atoms with E-state index in [2.05, 4.69) is 16.0 Å². The number of amides is 2. The quantitative estimate of drug-likeness (QED) is 0.497. The maximum Gasteiger partial charge on any atom is 0.241 e. The Morgan fingerprint density at radius 3 is 2.41 bits per heavy atom. The van der Waals surface area contributed by atoms with Gasteiger partial charge in [0.25, 0.3) is 0 Å². The van der Waals surface area contributed by atoms with Crippen molar-refractivity contribution in [3.05, 3.63) is 29.6 Å². The summed E-state index contributed by atoms with van der Waals surface area (Å²) in [5, 5.41) is 17.1. The summed E-state index contributed by atoms with van der Waals surface area (Å²) in [4.78, 5) is 24.4. The monoisotopic (exact) mass is 377 g/mol. The lowest BCUT2D eigenvalue weighted by atomic mass is 9.89. The summed E-state index contributed by atoms with van der Waals surface area (Å²) in [6.07, 6.45) is 4.72. The van der Waals surface area contributed by atoms with Gasteiger partial charge in [-0.15, -0.1) is 0 Å². The van der Waals surface area contributed by atoms with Gasteiger partial charge in [0, 0.05) is 6.54 Å². The topological polar surface area (TPSA) is 90.5 Å². The summed E-state index contributed by atoms with van der Waals surface area (Å²) in [6, 6.07) is 4.08. The van der Waals surface area contributed by atoms with Gasteiger partial charge in [-0.3, -0.25) is 9.59 Å². The van der Waals surface area contributed by atoms with Gasteiger partial charge in [-0.2, -0.15) is 0 Å². The molecule has 6 nitrogen and oxygen atoms in total. The van der Waals surface area contributed by atoms with Crippen molar-refractivity contribution in [2.75, 3.05) is 25.5 Å². The number of anilines is 1. The van der Waals surface area contributed by atoms with E-state index in [1.54, 1.807) is 13.1 Å². The first kappa shape index (κ1) is 19.8. The van der Waals surface area contributed by atoms with Crippen LogP contribution in [-0.2, 0) is 16.0 Å². The highest BCUT2D eigenvalue weighted by Crippen LogP contribution is 2.50. The minimum atomic E-state index is -0.556. The van der Waals surface area contributed by atoms with Crippen LogP contribution in [0.4, 0.5) is 10.1 Å². The number of hydrogen-bond acceptors (Lipinski definition) is 4. The highest BCUT2D eigenvalue weighted by molar-refractivity contribution is 5.95. The number of likely N-dealkylation sites (N-methyl/N-ethyl adjacent to an activating group) is 1. The maximum atomic E-state index is 14.4. The minimum absolute atomic E-state index is 0.0235. The number of aliphatic hydroxyl groups excluding tert-OH is 1. The fraction of sp³-hybridized carbons (Fsp3) is 0.600. The SMILES string of the molecule is CNC(C(=O)Nc1ccc(CC(=O)NCCO)cc1F)C(C1CC1)C1CC1. The minimum Gasteiger partial charge on any atom is -0.395 e. The Balaban J connectivity index is 1.62. The molecule has 1 atom stereocenters. The summed E-state index contributed by atoms with van der Waals surface area (Å²) in [6.45, 7) is 0.0322. The van der Waals surface area contributed by atoms with E-state index in [0.717, 1.165) is 0 Å². The zero-order valence-electron chi connectivity index (χ0n) is 15.6. The lowest BCUT2D eigenvalue weighted by molar-refractivity contribution is -0.121. The van der Waals surface area contributed by atoms with Crippen molar-refractivity contribution in [1.82, 2.24) is 10.6 Å². The molecule has 27 heavy (non-hydrogen) atoms. The Bertz CT molecular complexity index is 677. The van der Waals surface area contributed by atoms with E-state index in [1.165, 1.54) is 37.8 Å². The van der Waals surface area contributed by atoms with Crippen LogP contribution in [0.15, 0.2) is 18.2 Å². The predicted molar refractivity (Wildman–Crippen MR) is 101 cm³/mol.